The molecule has 0 amide bonds. The molecule has 1 heterocycles. The Balaban J connectivity index is 1.92. The molecule has 0 fully saturated rings. The van der Waals surface area contributed by atoms with Crippen LogP contribution in [0, 0.1) is 0 Å². The van der Waals surface area contributed by atoms with Gasteiger partial charge in [0, 0.05) is 0 Å². The molecule has 0 unspecified atom stereocenters. The van der Waals surface area contributed by atoms with E-state index in [1.165, 1.54) is 0 Å². The van der Waals surface area contributed by atoms with Crippen molar-refractivity contribution in [2.75, 3.05) is 14.2 Å². The molecule has 0 aliphatic rings. The molecule has 3 nitrogen and oxygen atoms in total. The number of fused-ring (bicyclic) bond motifs is 1. The third kappa shape index (κ3) is 3.53. The second kappa shape index (κ2) is 7.96. The quantitative estimate of drug-likeness (QED) is 0.266. The van der Waals surface area contributed by atoms with E-state index >= 15 is 0 Å². The van der Waals surface area contributed by atoms with Crippen LogP contribution in [0.2, 0.25) is 0 Å². The average molecular weight is 500 g/mol. The maximum absolute atomic E-state index is 13.5. The van der Waals surface area contributed by atoms with Gasteiger partial charge in [0.05, 0.1) is 0 Å². The van der Waals surface area contributed by atoms with Gasteiger partial charge in [-0.2, -0.15) is 0 Å². The van der Waals surface area contributed by atoms with E-state index < -0.39 is 0 Å². The van der Waals surface area contributed by atoms with E-state index in [4.69, 9.17) is 9.47 Å². The Hall–Kier alpha value is -2.33. The number of ketones is 1. The molecule has 0 radical (unpaired) electrons. The number of ether oxygens (including phenoxy) is 2. The van der Waals surface area contributed by atoms with Crippen LogP contribution in [-0.2, 0) is 0 Å². The van der Waals surface area contributed by atoms with E-state index in [0.717, 1.165) is 41.2 Å². The Kier molecular flexibility index (Phi) is 5.40. The molecule has 0 atom stereocenters. The van der Waals surface area contributed by atoms with Crippen LogP contribution in [0.3, 0.4) is 0 Å². The number of hydrogen-bond donors (Lipinski definition) is 0. The molecular formula is C23H17BrO3Se. The van der Waals surface area contributed by atoms with Gasteiger partial charge in [-0.3, -0.25) is 0 Å². The summed E-state index contributed by atoms with van der Waals surface area (Å²) in [5.74, 6) is 1.66. The van der Waals surface area contributed by atoms with Crippen molar-refractivity contribution in [2.24, 2.45) is 0 Å². The first kappa shape index (κ1) is 19.0. The summed E-state index contributed by atoms with van der Waals surface area (Å²) < 4.78 is 13.9. The molecule has 0 saturated heterocycles. The molecule has 0 N–H and O–H groups in total. The number of benzene rings is 3. The predicted molar refractivity (Wildman–Crippen MR) is 117 cm³/mol. The van der Waals surface area contributed by atoms with E-state index in [0.29, 0.717) is 5.56 Å². The van der Waals surface area contributed by atoms with Crippen LogP contribution in [0.5, 0.6) is 11.5 Å². The van der Waals surface area contributed by atoms with Gasteiger partial charge in [0.2, 0.25) is 0 Å². The van der Waals surface area contributed by atoms with Crippen LogP contribution < -0.4 is 9.47 Å². The number of rotatable bonds is 5. The fourth-order valence-electron chi connectivity index (χ4n) is 3.12. The summed E-state index contributed by atoms with van der Waals surface area (Å²) in [6.45, 7) is 0. The molecule has 4 rings (SSSR count). The van der Waals surface area contributed by atoms with E-state index in [1.807, 2.05) is 66.7 Å². The third-order valence-electron chi connectivity index (χ3n) is 4.58. The van der Waals surface area contributed by atoms with Crippen molar-refractivity contribution < 1.29 is 14.3 Å². The van der Waals surface area contributed by atoms with Gasteiger partial charge in [0.25, 0.3) is 0 Å². The number of carbonyl (C=O) groups is 1. The zero-order valence-electron chi connectivity index (χ0n) is 15.4. The SMILES string of the molecule is COc1ccc(-c2[se]c3cc(OC)ccc3c2C(=O)c2ccc(Br)cc2)cc1. The number of methoxy groups -OCH3 is 2. The first-order valence-electron chi connectivity index (χ1n) is 8.66. The number of carbonyl (C=O) groups excluding carboxylic acids is 1. The monoisotopic (exact) mass is 500 g/mol. The van der Waals surface area contributed by atoms with Crippen molar-refractivity contribution in [3.8, 4) is 21.5 Å². The van der Waals surface area contributed by atoms with Gasteiger partial charge >= 0.3 is 178 Å². The molecule has 1 aromatic heterocycles. The van der Waals surface area contributed by atoms with Crippen molar-refractivity contribution in [3.05, 3.63) is 82.3 Å². The summed E-state index contributed by atoms with van der Waals surface area (Å²) in [5.41, 5.74) is 2.52. The van der Waals surface area contributed by atoms with Crippen molar-refractivity contribution in [1.29, 1.82) is 0 Å². The Morgan fingerprint density at radius 1 is 0.857 bits per heavy atom. The summed E-state index contributed by atoms with van der Waals surface area (Å²) in [4.78, 5) is 13.5. The standard InChI is InChI=1S/C23H17BrO3Se/c1-26-17-9-5-15(6-10-17)23-21(22(25)14-3-7-16(24)8-4-14)19-12-11-18(27-2)13-20(19)28-23/h3-13H,1-2H3. The molecule has 0 saturated carbocycles. The van der Waals surface area contributed by atoms with Gasteiger partial charge in [-0.1, -0.05) is 0 Å². The molecule has 0 spiro atoms. The normalized spacial score (nSPS) is 10.8. The van der Waals surface area contributed by atoms with Crippen LogP contribution in [0.1, 0.15) is 15.9 Å². The predicted octanol–water partition coefficient (Wildman–Crippen LogP) is 5.57. The minimum absolute atomic E-state index is 0.0127. The first-order chi connectivity index (χ1) is 13.6. The third-order valence-corrected chi connectivity index (χ3v) is 7.63. The fraction of sp³-hybridized carbons (Fsp3) is 0.0870. The first-order valence-corrected chi connectivity index (χ1v) is 11.2. The Labute approximate surface area is 177 Å². The zero-order chi connectivity index (χ0) is 19.7. The number of halogens is 1. The fourth-order valence-corrected chi connectivity index (χ4v) is 5.97. The van der Waals surface area contributed by atoms with E-state index in [2.05, 4.69) is 15.9 Å². The van der Waals surface area contributed by atoms with Crippen molar-refractivity contribution in [2.45, 2.75) is 0 Å². The van der Waals surface area contributed by atoms with Crippen molar-refractivity contribution in [3.63, 3.8) is 0 Å². The van der Waals surface area contributed by atoms with Crippen molar-refractivity contribution >= 4 is 45.9 Å². The van der Waals surface area contributed by atoms with Crippen LogP contribution in [-0.4, -0.2) is 34.5 Å². The topological polar surface area (TPSA) is 35.5 Å². The summed E-state index contributed by atoms with van der Waals surface area (Å²) in [5, 5.41) is 1.000. The Bertz CT molecular complexity index is 1150. The molecule has 5 heteroatoms. The molecular weight excluding hydrogens is 483 g/mol. The summed E-state index contributed by atoms with van der Waals surface area (Å²) in [6.07, 6.45) is 0. The molecule has 140 valence electrons. The minimum atomic E-state index is 0.0127. The zero-order valence-corrected chi connectivity index (χ0v) is 18.7. The van der Waals surface area contributed by atoms with Gasteiger partial charge in [-0.15, -0.1) is 0 Å². The van der Waals surface area contributed by atoms with E-state index in [1.54, 1.807) is 14.2 Å². The number of hydrogen-bond acceptors (Lipinski definition) is 3. The van der Waals surface area contributed by atoms with Crippen LogP contribution in [0.25, 0.3) is 19.6 Å². The summed E-state index contributed by atoms with van der Waals surface area (Å²) in [6, 6.07) is 21.4. The molecule has 28 heavy (non-hydrogen) atoms. The second-order valence-electron chi connectivity index (χ2n) is 6.23. The van der Waals surface area contributed by atoms with E-state index in [9.17, 15) is 4.79 Å². The molecule has 4 aromatic rings. The van der Waals surface area contributed by atoms with Crippen LogP contribution >= 0.6 is 15.9 Å². The summed E-state index contributed by atoms with van der Waals surface area (Å²) >= 11 is 3.45. The van der Waals surface area contributed by atoms with Crippen LogP contribution in [0.4, 0.5) is 0 Å². The van der Waals surface area contributed by atoms with Gasteiger partial charge in [-0.25, -0.2) is 0 Å². The molecule has 0 bridgehead atoms. The molecule has 3 aromatic carbocycles. The van der Waals surface area contributed by atoms with E-state index in [-0.39, 0.29) is 20.3 Å². The maximum atomic E-state index is 13.5. The van der Waals surface area contributed by atoms with Gasteiger partial charge < -0.3 is 0 Å². The Morgan fingerprint density at radius 2 is 1.50 bits per heavy atom. The Morgan fingerprint density at radius 3 is 2.14 bits per heavy atom. The van der Waals surface area contributed by atoms with Crippen LogP contribution in [0.15, 0.2) is 71.2 Å². The molecule has 0 aliphatic carbocycles. The van der Waals surface area contributed by atoms with Gasteiger partial charge in [-0.05, 0) is 0 Å². The second-order valence-corrected chi connectivity index (χ2v) is 9.36. The van der Waals surface area contributed by atoms with Gasteiger partial charge in [0.15, 0.2) is 0 Å². The molecule has 0 aliphatic heterocycles. The average Bonchev–Trinajstić information content (AvgIpc) is 3.12. The summed E-state index contributed by atoms with van der Waals surface area (Å²) in [7, 11) is 3.31. The van der Waals surface area contributed by atoms with Crippen molar-refractivity contribution in [1.82, 2.24) is 0 Å². The van der Waals surface area contributed by atoms with Gasteiger partial charge in [0.1, 0.15) is 0 Å².